The van der Waals surface area contributed by atoms with Gasteiger partial charge in [0.15, 0.2) is 11.5 Å². The van der Waals surface area contributed by atoms with E-state index in [9.17, 15) is 14.7 Å². The van der Waals surface area contributed by atoms with Gasteiger partial charge in [-0.3, -0.25) is 9.59 Å². The number of carbonyl (C=O) groups is 2. The first kappa shape index (κ1) is 24.5. The molecule has 0 spiro atoms. The number of hydrogen-bond acceptors (Lipinski definition) is 6. The van der Waals surface area contributed by atoms with E-state index >= 15 is 0 Å². The first-order valence-corrected chi connectivity index (χ1v) is 11.9. The fraction of sp³-hybridized carbons (Fsp3) is 0.357. The molecule has 1 aliphatic heterocycles. The van der Waals surface area contributed by atoms with Crippen molar-refractivity contribution in [3.05, 3.63) is 77.3 Å². The second-order valence-electron chi connectivity index (χ2n) is 9.58. The molecule has 4 rings (SSSR count). The molecule has 0 bridgehead atoms. The lowest BCUT2D eigenvalue weighted by atomic mass is 9.94. The summed E-state index contributed by atoms with van der Waals surface area (Å²) in [6, 6.07) is 15.6. The molecule has 184 valence electrons. The number of rotatable bonds is 10. The van der Waals surface area contributed by atoms with Crippen LogP contribution in [-0.4, -0.2) is 60.4 Å². The van der Waals surface area contributed by atoms with Crippen LogP contribution in [0.4, 0.5) is 0 Å². The maximum absolute atomic E-state index is 13.7. The highest BCUT2D eigenvalue weighted by Crippen LogP contribution is 2.40. The van der Waals surface area contributed by atoms with Crippen LogP contribution in [0, 0.1) is 5.92 Å². The Labute approximate surface area is 205 Å². The number of fused-ring (bicyclic) bond motifs is 1. The number of ketones is 1. The van der Waals surface area contributed by atoms with Crippen LogP contribution in [0.3, 0.4) is 0 Å². The number of aliphatic hydroxyl groups is 1. The largest absolute Gasteiger partial charge is 0.503 e. The van der Waals surface area contributed by atoms with Gasteiger partial charge in [0.2, 0.25) is 5.78 Å². The van der Waals surface area contributed by atoms with E-state index in [0.717, 1.165) is 11.9 Å². The van der Waals surface area contributed by atoms with Gasteiger partial charge in [-0.05, 0) is 62.8 Å². The summed E-state index contributed by atoms with van der Waals surface area (Å²) in [7, 11) is 3.93. The standard InChI is InChI=1S/C28H32N2O5/c1-18(2)17-34-21-11-7-10-20(15-21)25-24(27(32)28(33)30(25)14-8-13-29(3)4)26(31)23-16-19-9-5-6-12-22(19)35-23/h5-7,9-12,15-16,18,25,32H,8,13-14,17H2,1-4H3. The van der Waals surface area contributed by atoms with E-state index < -0.39 is 23.5 Å². The number of benzene rings is 2. The molecule has 2 aromatic carbocycles. The summed E-state index contributed by atoms with van der Waals surface area (Å²) in [4.78, 5) is 30.4. The van der Waals surface area contributed by atoms with Gasteiger partial charge in [-0.25, -0.2) is 0 Å². The summed E-state index contributed by atoms with van der Waals surface area (Å²) in [5.41, 5.74) is 1.30. The molecule has 7 nitrogen and oxygen atoms in total. The van der Waals surface area contributed by atoms with E-state index in [0.29, 0.717) is 42.4 Å². The second-order valence-corrected chi connectivity index (χ2v) is 9.58. The molecular formula is C28H32N2O5. The van der Waals surface area contributed by atoms with Crippen LogP contribution in [0.25, 0.3) is 11.0 Å². The molecule has 0 radical (unpaired) electrons. The summed E-state index contributed by atoms with van der Waals surface area (Å²) in [5, 5.41) is 11.7. The van der Waals surface area contributed by atoms with Crippen LogP contribution in [0.2, 0.25) is 0 Å². The molecule has 1 amide bonds. The molecule has 1 N–H and O–H groups in total. The zero-order chi connectivity index (χ0) is 25.1. The van der Waals surface area contributed by atoms with Crippen molar-refractivity contribution in [2.24, 2.45) is 5.92 Å². The molecule has 0 fully saturated rings. The van der Waals surface area contributed by atoms with E-state index in [1.807, 2.05) is 61.5 Å². The lowest BCUT2D eigenvalue weighted by molar-refractivity contribution is -0.129. The van der Waals surface area contributed by atoms with Crippen molar-refractivity contribution in [1.82, 2.24) is 9.80 Å². The Balaban J connectivity index is 1.73. The zero-order valence-corrected chi connectivity index (χ0v) is 20.7. The van der Waals surface area contributed by atoms with Crippen LogP contribution in [-0.2, 0) is 4.79 Å². The average molecular weight is 477 g/mol. The minimum atomic E-state index is -0.743. The van der Waals surface area contributed by atoms with Gasteiger partial charge in [-0.15, -0.1) is 0 Å². The number of carbonyl (C=O) groups excluding carboxylic acids is 2. The molecular weight excluding hydrogens is 444 g/mol. The predicted molar refractivity (Wildman–Crippen MR) is 135 cm³/mol. The summed E-state index contributed by atoms with van der Waals surface area (Å²) in [5.74, 6) is -0.490. The summed E-state index contributed by atoms with van der Waals surface area (Å²) in [6.45, 7) is 5.83. The maximum atomic E-state index is 13.7. The SMILES string of the molecule is CC(C)COc1cccc(C2C(C(=O)c3cc4ccccc4o3)=C(O)C(=O)N2CCCN(C)C)c1. The third kappa shape index (κ3) is 5.25. The van der Waals surface area contributed by atoms with Gasteiger partial charge in [0.1, 0.15) is 11.3 Å². The molecule has 0 saturated carbocycles. The smallest absolute Gasteiger partial charge is 0.290 e. The van der Waals surface area contributed by atoms with E-state index in [1.54, 1.807) is 17.0 Å². The number of ether oxygens (including phenoxy) is 1. The van der Waals surface area contributed by atoms with E-state index in [1.165, 1.54) is 0 Å². The fourth-order valence-electron chi connectivity index (χ4n) is 4.28. The van der Waals surface area contributed by atoms with Gasteiger partial charge in [0.25, 0.3) is 5.91 Å². The monoisotopic (exact) mass is 476 g/mol. The minimum Gasteiger partial charge on any atom is -0.503 e. The van der Waals surface area contributed by atoms with E-state index in [2.05, 4.69) is 13.8 Å². The lowest BCUT2D eigenvalue weighted by Gasteiger charge is -2.27. The van der Waals surface area contributed by atoms with Crippen molar-refractivity contribution < 1.29 is 23.8 Å². The van der Waals surface area contributed by atoms with Crippen LogP contribution in [0.15, 0.2) is 70.3 Å². The first-order chi connectivity index (χ1) is 16.8. The second kappa shape index (κ2) is 10.4. The molecule has 1 aromatic heterocycles. The zero-order valence-electron chi connectivity index (χ0n) is 20.7. The highest BCUT2D eigenvalue weighted by molar-refractivity contribution is 6.16. The van der Waals surface area contributed by atoms with Crippen molar-refractivity contribution in [3.8, 4) is 5.75 Å². The molecule has 1 aliphatic rings. The molecule has 0 aliphatic carbocycles. The molecule has 2 heterocycles. The van der Waals surface area contributed by atoms with Crippen molar-refractivity contribution in [1.29, 1.82) is 0 Å². The number of para-hydroxylation sites is 1. The number of nitrogens with zero attached hydrogens (tertiary/aromatic N) is 2. The Morgan fingerprint density at radius 3 is 2.63 bits per heavy atom. The van der Waals surface area contributed by atoms with Gasteiger partial charge in [0, 0.05) is 11.9 Å². The van der Waals surface area contributed by atoms with Gasteiger partial charge < -0.3 is 24.1 Å². The number of hydrogen-bond donors (Lipinski definition) is 1. The molecule has 1 atom stereocenters. The molecule has 1 unspecified atom stereocenters. The third-order valence-electron chi connectivity index (χ3n) is 5.96. The summed E-state index contributed by atoms with van der Waals surface area (Å²) >= 11 is 0. The molecule has 3 aromatic rings. The topological polar surface area (TPSA) is 83.2 Å². The van der Waals surface area contributed by atoms with Gasteiger partial charge in [0.05, 0.1) is 18.2 Å². The van der Waals surface area contributed by atoms with E-state index in [-0.39, 0.29) is 11.3 Å². The van der Waals surface area contributed by atoms with E-state index in [4.69, 9.17) is 9.15 Å². The minimum absolute atomic E-state index is 0.0277. The average Bonchev–Trinajstić information content (AvgIpc) is 3.37. The molecule has 35 heavy (non-hydrogen) atoms. The highest BCUT2D eigenvalue weighted by Gasteiger charge is 2.44. The predicted octanol–water partition coefficient (Wildman–Crippen LogP) is 5.00. The summed E-state index contributed by atoms with van der Waals surface area (Å²) < 4.78 is 11.7. The van der Waals surface area contributed by atoms with Crippen molar-refractivity contribution >= 4 is 22.7 Å². The number of furan rings is 1. The lowest BCUT2D eigenvalue weighted by Crippen LogP contribution is -2.33. The van der Waals surface area contributed by atoms with Gasteiger partial charge in [-0.1, -0.05) is 44.2 Å². The van der Waals surface area contributed by atoms with Crippen molar-refractivity contribution in [3.63, 3.8) is 0 Å². The van der Waals surface area contributed by atoms with Crippen molar-refractivity contribution in [2.75, 3.05) is 33.8 Å². The molecule has 7 heteroatoms. The Kier molecular flexibility index (Phi) is 7.26. The maximum Gasteiger partial charge on any atom is 0.290 e. The number of amides is 1. The van der Waals surface area contributed by atoms with Gasteiger partial charge >= 0.3 is 0 Å². The normalized spacial score (nSPS) is 16.2. The Hall–Kier alpha value is -3.58. The Morgan fingerprint density at radius 2 is 1.91 bits per heavy atom. The quantitative estimate of drug-likeness (QED) is 0.415. The summed E-state index contributed by atoms with van der Waals surface area (Å²) in [6.07, 6.45) is 0.693. The molecule has 0 saturated heterocycles. The number of Topliss-reactive ketones (excluding diaryl/α,β-unsaturated/α-hetero) is 1. The fourth-order valence-corrected chi connectivity index (χ4v) is 4.28. The Bertz CT molecular complexity index is 1220. The van der Waals surface area contributed by atoms with Crippen LogP contribution >= 0.6 is 0 Å². The number of aliphatic hydroxyl groups excluding tert-OH is 1. The van der Waals surface area contributed by atoms with Crippen molar-refractivity contribution in [2.45, 2.75) is 26.3 Å². The van der Waals surface area contributed by atoms with Crippen LogP contribution in [0.1, 0.15) is 42.4 Å². The third-order valence-corrected chi connectivity index (χ3v) is 5.96. The van der Waals surface area contributed by atoms with Crippen LogP contribution < -0.4 is 4.74 Å². The highest BCUT2D eigenvalue weighted by atomic mass is 16.5. The Morgan fingerprint density at radius 1 is 1.14 bits per heavy atom. The van der Waals surface area contributed by atoms with Crippen LogP contribution in [0.5, 0.6) is 5.75 Å². The first-order valence-electron chi connectivity index (χ1n) is 11.9. The van der Waals surface area contributed by atoms with Gasteiger partial charge in [-0.2, -0.15) is 0 Å².